The summed E-state index contributed by atoms with van der Waals surface area (Å²) >= 11 is 0. The van der Waals surface area contributed by atoms with Gasteiger partial charge in [-0.3, -0.25) is 9.59 Å². The number of hydrogen-bond donors (Lipinski definition) is 3. The van der Waals surface area contributed by atoms with E-state index in [9.17, 15) is 23.9 Å². The third-order valence-electron chi connectivity index (χ3n) is 7.54. The molecule has 3 N–H and O–H groups in total. The summed E-state index contributed by atoms with van der Waals surface area (Å²) < 4.78 is 25.6. The van der Waals surface area contributed by atoms with Crippen molar-refractivity contribution >= 4 is 19.8 Å². The minimum atomic E-state index is -5.23. The second-order valence-electron chi connectivity index (χ2n) is 12.1. The number of hydrogen-bond acceptors (Lipinski definition) is 11. The largest absolute Gasteiger partial charge is 1.00 e. The summed E-state index contributed by atoms with van der Waals surface area (Å²) in [5, 5.41) is 24.0. The van der Waals surface area contributed by atoms with E-state index in [1.54, 1.807) is 0 Å². The summed E-state index contributed by atoms with van der Waals surface area (Å²) in [6, 6.07) is 0. The second-order valence-corrected chi connectivity index (χ2v) is 13.3. The smallest absolute Gasteiger partial charge is 0.790 e. The predicted octanol–water partition coefficient (Wildman–Crippen LogP) is 0.0288. The molecule has 276 valence electrons. The number of ether oxygens (including phenoxy) is 2. The minimum absolute atomic E-state index is 0. The molecular formula is C34H67Na2O11P. The fourth-order valence-corrected chi connectivity index (χ4v) is 5.07. The molecule has 0 saturated carbocycles. The van der Waals surface area contributed by atoms with E-state index >= 15 is 0 Å². The zero-order valence-corrected chi connectivity index (χ0v) is 35.9. The number of rotatable bonds is 32. The number of esters is 2. The summed E-state index contributed by atoms with van der Waals surface area (Å²) in [5.41, 5.74) is 0. The molecule has 48 heavy (non-hydrogen) atoms. The monoisotopic (exact) mass is 728 g/mol. The van der Waals surface area contributed by atoms with E-state index in [0.29, 0.717) is 12.8 Å². The summed E-state index contributed by atoms with van der Waals surface area (Å²) in [7, 11) is -5.23. The van der Waals surface area contributed by atoms with Gasteiger partial charge in [-0.15, -0.1) is 0 Å². The van der Waals surface area contributed by atoms with E-state index in [0.717, 1.165) is 32.1 Å². The van der Waals surface area contributed by atoms with Crippen molar-refractivity contribution in [1.29, 1.82) is 0 Å². The van der Waals surface area contributed by atoms with E-state index in [2.05, 4.69) is 18.4 Å². The van der Waals surface area contributed by atoms with Gasteiger partial charge < -0.3 is 43.7 Å². The fourth-order valence-electron chi connectivity index (χ4n) is 4.72. The molecule has 11 nitrogen and oxygen atoms in total. The van der Waals surface area contributed by atoms with Crippen LogP contribution in [0.2, 0.25) is 0 Å². The average Bonchev–Trinajstić information content (AvgIpc) is 3.03. The zero-order valence-electron chi connectivity index (χ0n) is 31.0. The summed E-state index contributed by atoms with van der Waals surface area (Å²) in [6.45, 7) is 2.73. The molecule has 14 heteroatoms. The SMILES string of the molecule is CCCCCCCCCCCCCC(=O)OCC(COP(=O)([O-])[O-])OC(=O)CCCCCCCCCCCCC.OCC(O)CO.[Na+].[Na+]. The molecule has 0 aromatic heterocycles. The first-order chi connectivity index (χ1) is 22.1. The first-order valence-corrected chi connectivity index (χ1v) is 19.5. The van der Waals surface area contributed by atoms with Crippen LogP contribution in [0.25, 0.3) is 0 Å². The number of carbonyl (C=O) groups is 2. The standard InChI is InChI=1S/C31H61O8P.C3H8O3.2Na/c1-3-5-7-9-11-13-15-17-19-21-23-25-30(32)37-27-29(28-38-40(34,35)36)39-31(33)26-24-22-20-18-16-14-12-10-8-6-4-2;4-1-3(6)2-5;;/h29H,3-28H2,1-2H3,(H2,34,35,36);3-6H,1-2H2;;/q;;2*+1/p-2. The van der Waals surface area contributed by atoms with Crippen LogP contribution in [0.5, 0.6) is 0 Å². The van der Waals surface area contributed by atoms with Crippen molar-refractivity contribution in [2.45, 2.75) is 180 Å². The Morgan fingerprint density at radius 1 is 0.583 bits per heavy atom. The molecular weight excluding hydrogens is 661 g/mol. The second kappa shape index (κ2) is 42.3. The van der Waals surface area contributed by atoms with E-state index in [-0.39, 0.29) is 91.8 Å². The molecule has 0 spiro atoms. The van der Waals surface area contributed by atoms with Gasteiger partial charge in [0, 0.05) is 12.8 Å². The predicted molar refractivity (Wildman–Crippen MR) is 177 cm³/mol. The Balaban J connectivity index is -0.00000110. The van der Waals surface area contributed by atoms with E-state index < -0.39 is 38.6 Å². The minimum Gasteiger partial charge on any atom is -0.790 e. The third-order valence-corrected chi connectivity index (χ3v) is 8.00. The van der Waals surface area contributed by atoms with Crippen LogP contribution in [0.4, 0.5) is 0 Å². The van der Waals surface area contributed by atoms with Crippen molar-refractivity contribution in [3.63, 3.8) is 0 Å². The van der Waals surface area contributed by atoms with Gasteiger partial charge in [0.2, 0.25) is 0 Å². The van der Waals surface area contributed by atoms with Gasteiger partial charge in [-0.05, 0) is 12.8 Å². The van der Waals surface area contributed by atoms with Gasteiger partial charge in [-0.1, -0.05) is 142 Å². The van der Waals surface area contributed by atoms with Crippen LogP contribution in [0.3, 0.4) is 0 Å². The van der Waals surface area contributed by atoms with Gasteiger partial charge in [-0.25, -0.2) is 0 Å². The molecule has 1 atom stereocenters. The summed E-state index contributed by atoms with van der Waals surface area (Å²) in [5.74, 6) is -0.952. The number of aliphatic hydroxyl groups is 3. The maximum absolute atomic E-state index is 12.2. The van der Waals surface area contributed by atoms with Crippen LogP contribution in [-0.4, -0.2) is 65.9 Å². The zero-order chi connectivity index (χ0) is 34.7. The average molecular weight is 729 g/mol. The summed E-state index contributed by atoms with van der Waals surface area (Å²) in [4.78, 5) is 46.1. The van der Waals surface area contributed by atoms with E-state index in [1.807, 2.05) is 0 Å². The number of aliphatic hydroxyl groups excluding tert-OH is 3. The van der Waals surface area contributed by atoms with Crippen LogP contribution in [0.1, 0.15) is 168 Å². The quantitative estimate of drug-likeness (QED) is 0.0368. The van der Waals surface area contributed by atoms with Crippen molar-refractivity contribution in [2.24, 2.45) is 0 Å². The topological polar surface area (TPSA) is 186 Å². The first-order valence-electron chi connectivity index (χ1n) is 18.0. The molecule has 0 rings (SSSR count). The van der Waals surface area contributed by atoms with Crippen LogP contribution in [0.15, 0.2) is 0 Å². The Morgan fingerprint density at radius 2 is 0.917 bits per heavy atom. The first kappa shape index (κ1) is 55.7. The van der Waals surface area contributed by atoms with E-state index in [1.165, 1.54) is 96.3 Å². The van der Waals surface area contributed by atoms with Crippen molar-refractivity contribution in [1.82, 2.24) is 0 Å². The molecule has 0 saturated heterocycles. The molecule has 0 aromatic rings. The Kier molecular flexibility index (Phi) is 49.1. The molecule has 0 aliphatic carbocycles. The molecule has 1 unspecified atom stereocenters. The Labute approximate surface area is 336 Å². The van der Waals surface area contributed by atoms with Gasteiger partial charge in [0.25, 0.3) is 0 Å². The van der Waals surface area contributed by atoms with Crippen molar-refractivity contribution in [2.75, 3.05) is 26.4 Å². The van der Waals surface area contributed by atoms with Gasteiger partial charge >= 0.3 is 71.1 Å². The maximum Gasteiger partial charge on any atom is 1.00 e. The number of carbonyl (C=O) groups excluding carboxylic acids is 2. The summed E-state index contributed by atoms with van der Waals surface area (Å²) in [6.07, 6.45) is 24.1. The van der Waals surface area contributed by atoms with Crippen LogP contribution < -0.4 is 68.9 Å². The van der Waals surface area contributed by atoms with E-state index in [4.69, 9.17) is 24.8 Å². The molecule has 0 aliphatic heterocycles. The fraction of sp³-hybridized carbons (Fsp3) is 0.941. The molecule has 0 amide bonds. The van der Waals surface area contributed by atoms with Crippen molar-refractivity contribution in [3.8, 4) is 0 Å². The molecule has 0 heterocycles. The van der Waals surface area contributed by atoms with Crippen molar-refractivity contribution in [3.05, 3.63) is 0 Å². The number of unbranched alkanes of at least 4 members (excludes halogenated alkanes) is 20. The number of phosphoric ester groups is 1. The van der Waals surface area contributed by atoms with Gasteiger partial charge in [0.05, 0.1) is 27.6 Å². The Bertz CT molecular complexity index is 725. The molecule has 0 aliphatic rings. The van der Waals surface area contributed by atoms with Crippen LogP contribution in [0, 0.1) is 0 Å². The molecule has 0 aromatic carbocycles. The van der Waals surface area contributed by atoms with Crippen LogP contribution >= 0.6 is 7.82 Å². The maximum atomic E-state index is 12.2. The van der Waals surface area contributed by atoms with Gasteiger partial charge in [0.15, 0.2) is 6.10 Å². The normalized spacial score (nSPS) is 11.6. The van der Waals surface area contributed by atoms with Crippen LogP contribution in [-0.2, 0) is 28.2 Å². The van der Waals surface area contributed by atoms with Crippen molar-refractivity contribution < 1.29 is 112 Å². The number of phosphoric acid groups is 1. The Hall–Kier alpha value is 0.930. The van der Waals surface area contributed by atoms with Gasteiger partial charge in [0.1, 0.15) is 12.7 Å². The molecule has 0 bridgehead atoms. The van der Waals surface area contributed by atoms with Gasteiger partial charge in [-0.2, -0.15) is 0 Å². The molecule has 0 radical (unpaired) electrons. The molecule has 0 fully saturated rings. The third kappa shape index (κ3) is 46.9. The Morgan fingerprint density at radius 3 is 1.23 bits per heavy atom.